The summed E-state index contributed by atoms with van der Waals surface area (Å²) in [5, 5.41) is 17.9. The van der Waals surface area contributed by atoms with Crippen molar-refractivity contribution in [2.45, 2.75) is 108 Å². The molecule has 1 saturated carbocycles. The molecule has 6 nitrogen and oxygen atoms in total. The van der Waals surface area contributed by atoms with Crippen molar-refractivity contribution in [1.29, 1.82) is 5.41 Å². The molecule has 8 atom stereocenters. The van der Waals surface area contributed by atoms with Crippen molar-refractivity contribution in [2.75, 3.05) is 0 Å². The minimum Gasteiger partial charge on any atom is -0.649 e. The first-order valence-corrected chi connectivity index (χ1v) is 16.7. The number of rotatable bonds is 12. The van der Waals surface area contributed by atoms with Crippen LogP contribution in [0.5, 0.6) is 0 Å². The molecule has 0 aromatic heterocycles. The molecule has 0 aromatic rings. The van der Waals surface area contributed by atoms with Gasteiger partial charge in [0.05, 0.1) is 11.6 Å². The van der Waals surface area contributed by atoms with E-state index in [1.807, 2.05) is 33.8 Å². The van der Waals surface area contributed by atoms with Gasteiger partial charge >= 0.3 is 27.3 Å². The molecule has 2 heterocycles. The minimum atomic E-state index is -0.618. The summed E-state index contributed by atoms with van der Waals surface area (Å²) < 4.78 is 0. The second-order valence-corrected chi connectivity index (χ2v) is 14.1. The molecule has 46 heavy (non-hydrogen) atoms. The van der Waals surface area contributed by atoms with Crippen molar-refractivity contribution < 1.29 is 41.7 Å². The standard InChI is InChI=1S/C39H56N3O3.Cd/c1-14-17-30(22(6)20(4)18-31-23(7)29(16-3)38(45)42-31)24(8)34-36-33(37(44)39(34,12)13)26(10)32(41-36)19-21(5)28(15-2)25(9)35(40)27(11)43;/h16,18-19,22-23,26,29-30,32-33,36,40H,3-4,14-15,17H2,1-2,5-13H3,(H,42,45);/q-1;+2/p-1/b21-19+,28-25-,31-18-,34-24-,40-35?;/t22-,23?,26?,29?,30+,32?,33?,36?;/m1./s1. The number of hydrogen-bond acceptors (Lipinski definition) is 4. The third-order valence-corrected chi connectivity index (χ3v) is 11.0. The Bertz CT molecular complexity index is 1410. The van der Waals surface area contributed by atoms with E-state index in [-0.39, 0.29) is 98.1 Å². The quantitative estimate of drug-likeness (QED) is 0.0939. The van der Waals surface area contributed by atoms with Crippen molar-refractivity contribution in [2.24, 2.45) is 40.9 Å². The molecule has 3 fully saturated rings. The fraction of sp³-hybridized carbons (Fsp3) is 0.590. The van der Waals surface area contributed by atoms with Crippen LogP contribution < -0.4 is 0 Å². The fourth-order valence-corrected chi connectivity index (χ4v) is 8.10. The number of allylic oxidation sites excluding steroid dienone is 7. The summed E-state index contributed by atoms with van der Waals surface area (Å²) >= 11 is 0. The van der Waals surface area contributed by atoms with Gasteiger partial charge in [-0.2, -0.15) is 5.70 Å². The SMILES string of the molecule is C=CC1C(=O)[N-]/C(=C\C(=C)[C@@H](C)[C@H](CCC)/C(C)=C2/C3[N-]C(/C=C(C)/C(CC)=C(/C)C(=N)C(C)=O)C(C)C3C(=O)C2(C)C)C1C.[Cd+2]. The number of carbonyl (C=O) groups excluding carboxylic acids is 3. The summed E-state index contributed by atoms with van der Waals surface area (Å²) in [6, 6.07) is -0.317. The summed E-state index contributed by atoms with van der Waals surface area (Å²) in [4.78, 5) is 38.4. The molecule has 3 aliphatic rings. The van der Waals surface area contributed by atoms with Gasteiger partial charge in [0.15, 0.2) is 5.78 Å². The molecular weight excluding hydrogens is 671 g/mol. The van der Waals surface area contributed by atoms with Crippen LogP contribution >= 0.6 is 0 Å². The van der Waals surface area contributed by atoms with E-state index in [1.54, 1.807) is 6.08 Å². The van der Waals surface area contributed by atoms with Gasteiger partial charge in [-0.05, 0) is 82.3 Å². The van der Waals surface area contributed by atoms with Crippen LogP contribution in [0.25, 0.3) is 10.6 Å². The van der Waals surface area contributed by atoms with Crippen molar-refractivity contribution in [3.05, 3.63) is 81.2 Å². The van der Waals surface area contributed by atoms with Crippen LogP contribution in [-0.4, -0.2) is 35.3 Å². The van der Waals surface area contributed by atoms with E-state index in [2.05, 4.69) is 66.1 Å². The molecule has 1 amide bonds. The Morgan fingerprint density at radius 1 is 1.11 bits per heavy atom. The molecule has 2 saturated heterocycles. The normalized spacial score (nSPS) is 31.0. The van der Waals surface area contributed by atoms with Gasteiger partial charge in [0.25, 0.3) is 0 Å². The molecule has 2 aliphatic heterocycles. The van der Waals surface area contributed by atoms with Gasteiger partial charge in [-0.25, -0.2) is 0 Å². The van der Waals surface area contributed by atoms with Gasteiger partial charge < -0.3 is 15.4 Å². The maximum absolute atomic E-state index is 14.1. The third kappa shape index (κ3) is 7.43. The molecule has 1 aliphatic carbocycles. The Morgan fingerprint density at radius 2 is 1.72 bits per heavy atom. The van der Waals surface area contributed by atoms with Crippen LogP contribution in [0.1, 0.15) is 95.4 Å². The monoisotopic (exact) mass is 727 g/mol. The summed E-state index contributed by atoms with van der Waals surface area (Å²) in [7, 11) is 0. The van der Waals surface area contributed by atoms with E-state index < -0.39 is 5.41 Å². The van der Waals surface area contributed by atoms with Crippen molar-refractivity contribution >= 4 is 23.2 Å². The molecule has 0 radical (unpaired) electrons. The molecule has 0 bridgehead atoms. The van der Waals surface area contributed by atoms with Crippen LogP contribution in [0, 0.1) is 46.3 Å². The second kappa shape index (κ2) is 15.8. The molecule has 6 unspecified atom stereocenters. The van der Waals surface area contributed by atoms with Crippen LogP contribution in [0.15, 0.2) is 70.5 Å². The Balaban J connectivity index is 0.00000736. The van der Waals surface area contributed by atoms with Gasteiger partial charge in [-0.3, -0.25) is 15.0 Å². The van der Waals surface area contributed by atoms with Gasteiger partial charge in [0, 0.05) is 24.2 Å². The molecule has 0 spiro atoms. The van der Waals surface area contributed by atoms with E-state index in [9.17, 15) is 14.4 Å². The van der Waals surface area contributed by atoms with E-state index in [4.69, 9.17) is 10.7 Å². The van der Waals surface area contributed by atoms with Gasteiger partial charge in [0.2, 0.25) is 0 Å². The first-order chi connectivity index (χ1) is 21.0. The van der Waals surface area contributed by atoms with E-state index >= 15 is 0 Å². The number of ketones is 2. The average molecular weight is 726 g/mol. The van der Waals surface area contributed by atoms with Crippen LogP contribution in [0.2, 0.25) is 0 Å². The maximum Gasteiger partial charge on any atom is 2.00 e. The summed E-state index contributed by atoms with van der Waals surface area (Å²) in [6.45, 7) is 30.4. The van der Waals surface area contributed by atoms with Crippen molar-refractivity contribution in [3.8, 4) is 0 Å². The van der Waals surface area contributed by atoms with Crippen molar-refractivity contribution in [3.63, 3.8) is 0 Å². The predicted molar refractivity (Wildman–Crippen MR) is 186 cm³/mol. The number of Topliss-reactive ketones (excluding diaryl/α,β-unsaturated/α-hetero) is 2. The van der Waals surface area contributed by atoms with Crippen LogP contribution in [0.3, 0.4) is 0 Å². The maximum atomic E-state index is 14.1. The summed E-state index contributed by atoms with van der Waals surface area (Å²) in [5.74, 6) is -0.344. The first-order valence-electron chi connectivity index (χ1n) is 16.7. The Labute approximate surface area is 298 Å². The molecule has 3 rings (SSSR count). The number of carbonyl (C=O) groups is 3. The molecule has 0 aromatic carbocycles. The fourth-order valence-electron chi connectivity index (χ4n) is 8.10. The predicted octanol–water partition coefficient (Wildman–Crippen LogP) is 9.41. The van der Waals surface area contributed by atoms with Gasteiger partial charge in [-0.1, -0.05) is 88.1 Å². The smallest absolute Gasteiger partial charge is 0.649 e. The minimum absolute atomic E-state index is 0. The summed E-state index contributed by atoms with van der Waals surface area (Å²) in [5.41, 5.74) is 6.20. The topological polar surface area (TPSA) is 103 Å². The van der Waals surface area contributed by atoms with Crippen LogP contribution in [-0.2, 0) is 41.7 Å². The first kappa shape index (κ1) is 40.0. The zero-order valence-electron chi connectivity index (χ0n) is 30.2. The largest absolute Gasteiger partial charge is 2.00 e. The number of nitrogens with one attached hydrogen (secondary N) is 1. The Morgan fingerprint density at radius 3 is 2.22 bits per heavy atom. The van der Waals surface area contributed by atoms with Crippen molar-refractivity contribution in [1.82, 2.24) is 0 Å². The number of nitrogens with zero attached hydrogens (tertiary/aromatic N) is 2. The Kier molecular flexibility index (Phi) is 13.7. The van der Waals surface area contributed by atoms with E-state index in [1.165, 1.54) is 12.5 Å². The average Bonchev–Trinajstić information content (AvgIpc) is 3.50. The van der Waals surface area contributed by atoms with E-state index in [0.29, 0.717) is 12.0 Å². The molecule has 1 N–H and O–H groups in total. The van der Waals surface area contributed by atoms with Gasteiger partial charge in [0.1, 0.15) is 5.78 Å². The second-order valence-electron chi connectivity index (χ2n) is 14.1. The molecular formula is C39H55CdN3O3. The molecule has 246 valence electrons. The Hall–Kier alpha value is -2.20. The summed E-state index contributed by atoms with van der Waals surface area (Å²) in [6.07, 6.45) is 8.47. The number of amides is 1. The number of hydrogen-bond donors (Lipinski definition) is 1. The zero-order valence-corrected chi connectivity index (χ0v) is 34.2. The number of fused-ring (bicyclic) bond motifs is 1. The van der Waals surface area contributed by atoms with Gasteiger partial charge in [-0.15, -0.1) is 18.7 Å². The van der Waals surface area contributed by atoms with E-state index in [0.717, 1.165) is 40.8 Å². The third-order valence-electron chi connectivity index (χ3n) is 11.0. The zero-order chi connectivity index (χ0) is 34.1. The molecule has 7 heteroatoms. The van der Waals surface area contributed by atoms with Crippen LogP contribution in [0.4, 0.5) is 0 Å².